The number of quaternary nitrogens is 1. The van der Waals surface area contributed by atoms with E-state index in [-0.39, 0.29) is 19.1 Å². The highest BCUT2D eigenvalue weighted by Gasteiger charge is 2.24. The van der Waals surface area contributed by atoms with Crippen LogP contribution in [0.2, 0.25) is 0 Å². The van der Waals surface area contributed by atoms with Gasteiger partial charge in [-0.1, -0.05) is 173 Å². The quantitative estimate of drug-likeness (QED) is 0.0278. The summed E-state index contributed by atoms with van der Waals surface area (Å²) in [7, 11) is 1.30. The van der Waals surface area contributed by atoms with Crippen molar-refractivity contribution in [2.24, 2.45) is 0 Å². The molecule has 8 nitrogen and oxygen atoms in total. The molecule has 0 saturated carbocycles. The Morgan fingerprint density at radius 2 is 1.09 bits per heavy atom. The Labute approximate surface area is 328 Å². The van der Waals surface area contributed by atoms with Crippen molar-refractivity contribution in [2.45, 2.75) is 212 Å². The Morgan fingerprint density at radius 1 is 0.660 bits per heavy atom. The molecule has 0 aromatic heterocycles. The smallest absolute Gasteiger partial charge is 0.268 e. The molecule has 0 rings (SSSR count). The van der Waals surface area contributed by atoms with E-state index in [0.717, 1.165) is 51.4 Å². The third-order valence-corrected chi connectivity index (χ3v) is 10.9. The molecule has 1 amide bonds. The summed E-state index contributed by atoms with van der Waals surface area (Å²) in [4.78, 5) is 25.0. The third kappa shape index (κ3) is 39.0. The highest BCUT2D eigenvalue weighted by atomic mass is 31.2. The van der Waals surface area contributed by atoms with Gasteiger partial charge in [-0.15, -0.1) is 0 Å². The van der Waals surface area contributed by atoms with Crippen molar-refractivity contribution in [1.82, 2.24) is 5.32 Å². The second kappa shape index (κ2) is 36.6. The molecule has 0 aliphatic heterocycles. The van der Waals surface area contributed by atoms with Gasteiger partial charge in [0.2, 0.25) is 5.91 Å². The fourth-order valence-electron chi connectivity index (χ4n) is 6.36. The van der Waals surface area contributed by atoms with Crippen molar-refractivity contribution < 1.29 is 32.9 Å². The summed E-state index contributed by atoms with van der Waals surface area (Å²) in [5.74, 6) is -0.174. The predicted molar refractivity (Wildman–Crippen MR) is 224 cm³/mol. The first-order valence-corrected chi connectivity index (χ1v) is 23.6. The fraction of sp³-hybridized carbons (Fsp3) is 0.886. The van der Waals surface area contributed by atoms with Gasteiger partial charge in [-0.3, -0.25) is 9.36 Å². The predicted octanol–water partition coefficient (Wildman–Crippen LogP) is 11.5. The molecule has 0 aliphatic carbocycles. The van der Waals surface area contributed by atoms with Crippen LogP contribution < -0.4 is 10.2 Å². The number of hydrogen-bond acceptors (Lipinski definition) is 6. The Balaban J connectivity index is 3.88. The second-order valence-corrected chi connectivity index (χ2v) is 17.8. The Kier molecular flexibility index (Phi) is 35.9. The topological polar surface area (TPSA) is 108 Å². The van der Waals surface area contributed by atoms with Crippen LogP contribution in [0.25, 0.3) is 0 Å². The zero-order valence-electron chi connectivity index (χ0n) is 35.5. The van der Waals surface area contributed by atoms with Crippen molar-refractivity contribution in [2.75, 3.05) is 40.9 Å². The van der Waals surface area contributed by atoms with Gasteiger partial charge in [-0.2, -0.15) is 0 Å². The van der Waals surface area contributed by atoms with E-state index in [1.165, 1.54) is 122 Å². The van der Waals surface area contributed by atoms with Crippen LogP contribution in [-0.4, -0.2) is 68.5 Å². The lowest BCUT2D eigenvalue weighted by Crippen LogP contribution is -2.46. The van der Waals surface area contributed by atoms with E-state index in [2.05, 4.69) is 43.5 Å². The van der Waals surface area contributed by atoms with Gasteiger partial charge >= 0.3 is 0 Å². The van der Waals surface area contributed by atoms with Gasteiger partial charge in [0, 0.05) is 6.42 Å². The highest BCUT2D eigenvalue weighted by molar-refractivity contribution is 7.45. The van der Waals surface area contributed by atoms with Crippen LogP contribution in [0.4, 0.5) is 0 Å². The number of rotatable bonds is 40. The molecule has 0 fully saturated rings. The third-order valence-electron chi connectivity index (χ3n) is 9.94. The number of unbranched alkanes of at least 4 members (excludes halogenated alkanes) is 23. The van der Waals surface area contributed by atoms with Crippen LogP contribution in [0.1, 0.15) is 200 Å². The van der Waals surface area contributed by atoms with Crippen molar-refractivity contribution in [3.05, 3.63) is 24.3 Å². The number of likely N-dealkylation sites (N-methyl/N-ethyl adjacent to an activating group) is 1. The van der Waals surface area contributed by atoms with Crippen LogP contribution in [-0.2, 0) is 18.4 Å². The van der Waals surface area contributed by atoms with Gasteiger partial charge in [-0.05, 0) is 44.9 Å². The molecule has 314 valence electrons. The van der Waals surface area contributed by atoms with Crippen LogP contribution in [0.3, 0.4) is 0 Å². The number of carbonyl (C=O) groups is 1. The maximum Gasteiger partial charge on any atom is 0.268 e. The van der Waals surface area contributed by atoms with Gasteiger partial charge in [-0.25, -0.2) is 0 Å². The van der Waals surface area contributed by atoms with E-state index >= 15 is 0 Å². The number of nitrogens with one attached hydrogen (secondary N) is 1. The first-order chi connectivity index (χ1) is 25.5. The second-order valence-electron chi connectivity index (χ2n) is 16.4. The monoisotopic (exact) mass is 771 g/mol. The van der Waals surface area contributed by atoms with Gasteiger partial charge in [0.05, 0.1) is 39.9 Å². The highest BCUT2D eigenvalue weighted by Crippen LogP contribution is 2.38. The largest absolute Gasteiger partial charge is 0.756 e. The number of phosphoric acid groups is 1. The molecule has 9 heteroatoms. The van der Waals surface area contributed by atoms with E-state index < -0.39 is 20.0 Å². The SMILES string of the molecule is CCCCCCC/C=C\C/C=C\CCCCCCCCCCCCCCCCCC(=O)NC(COP(=O)([O-])OCC[N+](C)(C)C)C(O)CCCCCC. The number of carbonyl (C=O) groups excluding carboxylic acids is 1. The molecule has 0 bridgehead atoms. The molecule has 3 unspecified atom stereocenters. The van der Waals surface area contributed by atoms with Crippen LogP contribution in [0.5, 0.6) is 0 Å². The van der Waals surface area contributed by atoms with E-state index in [1.54, 1.807) is 0 Å². The summed E-state index contributed by atoms with van der Waals surface area (Å²) >= 11 is 0. The zero-order valence-corrected chi connectivity index (χ0v) is 36.4. The van der Waals surface area contributed by atoms with Crippen molar-refractivity contribution in [3.63, 3.8) is 0 Å². The number of allylic oxidation sites excluding steroid dienone is 4. The lowest BCUT2D eigenvalue weighted by Gasteiger charge is -2.30. The Morgan fingerprint density at radius 3 is 1.57 bits per heavy atom. The number of hydrogen-bond donors (Lipinski definition) is 2. The van der Waals surface area contributed by atoms with Crippen molar-refractivity contribution in [3.8, 4) is 0 Å². The average Bonchev–Trinajstić information content (AvgIpc) is 3.10. The first kappa shape index (κ1) is 52.0. The summed E-state index contributed by atoms with van der Waals surface area (Å²) in [6.45, 7) is 4.58. The summed E-state index contributed by atoms with van der Waals surface area (Å²) in [6.07, 6.45) is 42.6. The van der Waals surface area contributed by atoms with Gasteiger partial charge in [0.25, 0.3) is 7.82 Å². The minimum atomic E-state index is -4.54. The summed E-state index contributed by atoms with van der Waals surface area (Å²) < 4.78 is 23.0. The molecule has 0 radical (unpaired) electrons. The Bertz CT molecular complexity index is 922. The van der Waals surface area contributed by atoms with Crippen LogP contribution >= 0.6 is 7.82 Å². The number of phosphoric ester groups is 1. The molecule has 0 aliphatic rings. The van der Waals surface area contributed by atoms with Crippen molar-refractivity contribution in [1.29, 1.82) is 0 Å². The maximum atomic E-state index is 12.7. The number of aliphatic hydroxyl groups is 1. The lowest BCUT2D eigenvalue weighted by molar-refractivity contribution is -0.870. The van der Waals surface area contributed by atoms with Crippen molar-refractivity contribution >= 4 is 13.7 Å². The molecule has 0 heterocycles. The van der Waals surface area contributed by atoms with Gasteiger partial charge < -0.3 is 28.8 Å². The van der Waals surface area contributed by atoms with Gasteiger partial charge in [0.15, 0.2) is 0 Å². The normalized spacial score (nSPS) is 14.6. The molecule has 53 heavy (non-hydrogen) atoms. The van der Waals surface area contributed by atoms with E-state index in [1.807, 2.05) is 21.1 Å². The minimum Gasteiger partial charge on any atom is -0.756 e. The number of amides is 1. The molecule has 0 aromatic rings. The molecule has 2 N–H and O–H groups in total. The average molecular weight is 771 g/mol. The molecular formula is C44H87N2O6P. The standard InChI is InChI=1S/C44H87N2O6P/c1-6-8-10-12-13-14-15-16-17-18-19-20-21-22-23-24-25-26-27-28-29-30-31-32-33-34-36-38-44(48)45-42(43(47)37-35-11-9-7-2)41-52-53(49,50)51-40-39-46(3,4)5/h15-16,18-19,42-43,47H,6-14,17,20-41H2,1-5H3,(H-,45,48,49,50)/b16-15-,19-18-. The zero-order chi connectivity index (χ0) is 39.3. The fourth-order valence-corrected chi connectivity index (χ4v) is 7.09. The van der Waals surface area contributed by atoms with E-state index in [9.17, 15) is 19.4 Å². The summed E-state index contributed by atoms with van der Waals surface area (Å²) in [5.41, 5.74) is 0. The maximum absolute atomic E-state index is 12.7. The molecule has 0 spiro atoms. The van der Waals surface area contributed by atoms with Crippen LogP contribution in [0.15, 0.2) is 24.3 Å². The first-order valence-electron chi connectivity index (χ1n) is 22.2. The summed E-state index contributed by atoms with van der Waals surface area (Å²) in [6, 6.07) is -0.793. The molecule has 0 aromatic carbocycles. The molecule has 3 atom stereocenters. The summed E-state index contributed by atoms with van der Waals surface area (Å²) in [5, 5.41) is 13.6. The van der Waals surface area contributed by atoms with E-state index in [4.69, 9.17) is 9.05 Å². The van der Waals surface area contributed by atoms with E-state index in [0.29, 0.717) is 23.9 Å². The van der Waals surface area contributed by atoms with Crippen LogP contribution in [0, 0.1) is 0 Å². The number of aliphatic hydroxyl groups excluding tert-OH is 1. The lowest BCUT2D eigenvalue weighted by atomic mass is 10.0. The Hall–Kier alpha value is -1.02. The van der Waals surface area contributed by atoms with Gasteiger partial charge in [0.1, 0.15) is 13.2 Å². The molecule has 0 saturated heterocycles. The minimum absolute atomic E-state index is 0.0118. The number of nitrogens with zero attached hydrogens (tertiary/aromatic N) is 1. The molecular weight excluding hydrogens is 683 g/mol.